The number of carbonyl (C=O) groups is 1. The van der Waals surface area contributed by atoms with Gasteiger partial charge < -0.3 is 4.42 Å². The van der Waals surface area contributed by atoms with Crippen LogP contribution in [0.25, 0.3) is 28.2 Å². The monoisotopic (exact) mass is 308 g/mol. The van der Waals surface area contributed by atoms with Crippen LogP contribution in [0.3, 0.4) is 0 Å². The normalized spacial score (nSPS) is 11.7. The van der Waals surface area contributed by atoms with Crippen LogP contribution in [0.1, 0.15) is 31.1 Å². The van der Waals surface area contributed by atoms with Gasteiger partial charge in [-0.2, -0.15) is 0 Å². The van der Waals surface area contributed by atoms with E-state index in [4.69, 9.17) is 4.42 Å². The van der Waals surface area contributed by atoms with Crippen LogP contribution in [0, 0.1) is 5.82 Å². The molecule has 0 bridgehead atoms. The minimum Gasteiger partial charge on any atom is -0.460 e. The number of halogens is 1. The smallest absolute Gasteiger partial charge is 0.142 e. The van der Waals surface area contributed by atoms with Crippen molar-refractivity contribution in [3.63, 3.8) is 0 Å². The maximum absolute atomic E-state index is 13.2. The van der Waals surface area contributed by atoms with Crippen molar-refractivity contribution in [1.82, 2.24) is 0 Å². The van der Waals surface area contributed by atoms with Gasteiger partial charge in [-0.05, 0) is 41.5 Å². The molecular weight excluding hydrogens is 291 g/mol. The zero-order valence-electron chi connectivity index (χ0n) is 13.0. The average Bonchev–Trinajstić information content (AvgIpc) is 2.92. The molecule has 0 aliphatic rings. The van der Waals surface area contributed by atoms with Crippen molar-refractivity contribution in [3.8, 4) is 11.1 Å². The lowest BCUT2D eigenvalue weighted by Gasteiger charge is -2.05. The van der Waals surface area contributed by atoms with Crippen LogP contribution < -0.4 is 0 Å². The molecule has 0 radical (unpaired) electrons. The van der Waals surface area contributed by atoms with E-state index in [-0.39, 0.29) is 11.7 Å². The van der Waals surface area contributed by atoms with Crippen molar-refractivity contribution in [2.45, 2.75) is 19.8 Å². The SMILES string of the molecule is CC(C)c1oc2cccc(-c3ccc(F)cc3)c2c1C=CC=O. The van der Waals surface area contributed by atoms with Crippen LogP contribution >= 0.6 is 0 Å². The van der Waals surface area contributed by atoms with Gasteiger partial charge in [0.05, 0.1) is 0 Å². The Morgan fingerprint density at radius 3 is 2.48 bits per heavy atom. The fourth-order valence-electron chi connectivity index (χ4n) is 2.79. The Labute approximate surface area is 134 Å². The molecule has 0 aliphatic heterocycles. The Balaban J connectivity index is 2.32. The molecule has 0 amide bonds. The number of aldehydes is 1. The van der Waals surface area contributed by atoms with E-state index in [0.717, 1.165) is 39.7 Å². The number of allylic oxidation sites excluding steroid dienone is 1. The van der Waals surface area contributed by atoms with Crippen molar-refractivity contribution in [2.75, 3.05) is 0 Å². The van der Waals surface area contributed by atoms with Gasteiger partial charge in [0, 0.05) is 16.9 Å². The second-order valence-corrected chi connectivity index (χ2v) is 5.72. The second kappa shape index (κ2) is 6.21. The molecule has 2 aromatic carbocycles. The predicted molar refractivity (Wildman–Crippen MR) is 90.8 cm³/mol. The van der Waals surface area contributed by atoms with Gasteiger partial charge in [0.2, 0.25) is 0 Å². The summed E-state index contributed by atoms with van der Waals surface area (Å²) in [5.74, 6) is 0.763. The molecular formula is C20H17FO2. The van der Waals surface area contributed by atoms with E-state index < -0.39 is 0 Å². The summed E-state index contributed by atoms with van der Waals surface area (Å²) in [5, 5.41) is 0.945. The molecule has 0 aliphatic carbocycles. The van der Waals surface area contributed by atoms with Gasteiger partial charge in [0.25, 0.3) is 0 Å². The first-order chi connectivity index (χ1) is 11.1. The van der Waals surface area contributed by atoms with Gasteiger partial charge in [-0.15, -0.1) is 0 Å². The Morgan fingerprint density at radius 2 is 1.83 bits per heavy atom. The van der Waals surface area contributed by atoms with Crippen LogP contribution in [0.4, 0.5) is 4.39 Å². The van der Waals surface area contributed by atoms with Gasteiger partial charge in [-0.25, -0.2) is 4.39 Å². The van der Waals surface area contributed by atoms with E-state index in [0.29, 0.717) is 0 Å². The Hall–Kier alpha value is -2.68. The van der Waals surface area contributed by atoms with Gasteiger partial charge >= 0.3 is 0 Å². The van der Waals surface area contributed by atoms with Crippen LogP contribution in [0.15, 0.2) is 53.0 Å². The number of carbonyl (C=O) groups excluding carboxylic acids is 1. The Morgan fingerprint density at radius 1 is 1.09 bits per heavy atom. The molecule has 1 heterocycles. The Bertz CT molecular complexity index is 871. The first kappa shape index (κ1) is 15.2. The molecule has 116 valence electrons. The van der Waals surface area contributed by atoms with Gasteiger partial charge in [-0.3, -0.25) is 4.79 Å². The van der Waals surface area contributed by atoms with Gasteiger partial charge in [0.15, 0.2) is 0 Å². The summed E-state index contributed by atoms with van der Waals surface area (Å²) >= 11 is 0. The first-order valence-corrected chi connectivity index (χ1v) is 7.55. The van der Waals surface area contributed by atoms with Crippen molar-refractivity contribution in [1.29, 1.82) is 0 Å². The number of furan rings is 1. The summed E-state index contributed by atoms with van der Waals surface area (Å²) in [6, 6.07) is 12.2. The van der Waals surface area contributed by atoms with E-state index in [2.05, 4.69) is 0 Å². The summed E-state index contributed by atoms with van der Waals surface area (Å²) < 4.78 is 19.2. The minimum absolute atomic E-state index is 0.190. The molecule has 23 heavy (non-hydrogen) atoms. The van der Waals surface area contributed by atoms with Crippen LogP contribution in [-0.4, -0.2) is 6.29 Å². The summed E-state index contributed by atoms with van der Waals surface area (Å²) in [5.41, 5.74) is 3.54. The third-order valence-corrected chi connectivity index (χ3v) is 3.80. The highest BCUT2D eigenvalue weighted by Crippen LogP contribution is 2.38. The first-order valence-electron chi connectivity index (χ1n) is 7.55. The van der Waals surface area contributed by atoms with Crippen molar-refractivity contribution in [3.05, 3.63) is 65.7 Å². The molecule has 0 spiro atoms. The van der Waals surface area contributed by atoms with E-state index in [1.807, 2.05) is 32.0 Å². The molecule has 3 heteroatoms. The lowest BCUT2D eigenvalue weighted by atomic mass is 9.96. The largest absolute Gasteiger partial charge is 0.460 e. The fraction of sp³-hybridized carbons (Fsp3) is 0.150. The molecule has 1 aromatic heterocycles. The zero-order valence-corrected chi connectivity index (χ0v) is 13.0. The molecule has 2 nitrogen and oxygen atoms in total. The lowest BCUT2D eigenvalue weighted by Crippen LogP contribution is -1.88. The van der Waals surface area contributed by atoms with Gasteiger partial charge in [-0.1, -0.05) is 38.1 Å². The number of fused-ring (bicyclic) bond motifs is 1. The molecule has 3 aromatic rings. The maximum Gasteiger partial charge on any atom is 0.142 e. The quantitative estimate of drug-likeness (QED) is 0.465. The van der Waals surface area contributed by atoms with Gasteiger partial charge in [0.1, 0.15) is 23.4 Å². The summed E-state index contributed by atoms with van der Waals surface area (Å²) in [7, 11) is 0. The van der Waals surface area contributed by atoms with Crippen molar-refractivity contribution in [2.24, 2.45) is 0 Å². The maximum atomic E-state index is 13.2. The molecule has 0 unspecified atom stereocenters. The number of benzene rings is 2. The number of hydrogen-bond acceptors (Lipinski definition) is 2. The molecule has 0 saturated heterocycles. The zero-order chi connectivity index (χ0) is 16.4. The lowest BCUT2D eigenvalue weighted by molar-refractivity contribution is -0.104. The molecule has 3 rings (SSSR count). The van der Waals surface area contributed by atoms with E-state index >= 15 is 0 Å². The van der Waals surface area contributed by atoms with Crippen LogP contribution in [0.2, 0.25) is 0 Å². The topological polar surface area (TPSA) is 30.2 Å². The molecule has 0 atom stereocenters. The van der Waals surface area contributed by atoms with E-state index in [9.17, 15) is 9.18 Å². The summed E-state index contributed by atoms with van der Waals surface area (Å²) in [6.45, 7) is 4.10. The standard InChI is InChI=1S/C20H17FO2/c1-13(2)20-17(6-4-12-22)19-16(5-3-7-18(19)23-20)14-8-10-15(21)11-9-14/h3-13H,1-2H3. The fourth-order valence-corrected chi connectivity index (χ4v) is 2.79. The van der Waals surface area contributed by atoms with Crippen LogP contribution in [0.5, 0.6) is 0 Å². The Kier molecular flexibility index (Phi) is 4.11. The third-order valence-electron chi connectivity index (χ3n) is 3.80. The van der Waals surface area contributed by atoms with Crippen molar-refractivity contribution < 1.29 is 13.6 Å². The number of hydrogen-bond donors (Lipinski definition) is 0. The highest BCUT2D eigenvalue weighted by molar-refractivity contribution is 6.01. The van der Waals surface area contributed by atoms with Crippen LogP contribution in [-0.2, 0) is 4.79 Å². The number of rotatable bonds is 4. The van der Waals surface area contributed by atoms with E-state index in [1.54, 1.807) is 18.2 Å². The minimum atomic E-state index is -0.267. The summed E-state index contributed by atoms with van der Waals surface area (Å²) in [6.07, 6.45) is 4.00. The third kappa shape index (κ3) is 2.82. The van der Waals surface area contributed by atoms with E-state index in [1.165, 1.54) is 18.2 Å². The molecule has 0 N–H and O–H groups in total. The predicted octanol–water partition coefficient (Wildman–Crippen LogP) is 5.57. The van der Waals surface area contributed by atoms with Crippen molar-refractivity contribution >= 4 is 23.3 Å². The average molecular weight is 308 g/mol. The molecule has 0 fully saturated rings. The molecule has 0 saturated carbocycles. The highest BCUT2D eigenvalue weighted by Gasteiger charge is 2.18. The highest BCUT2D eigenvalue weighted by atomic mass is 19.1. The second-order valence-electron chi connectivity index (χ2n) is 5.72. The summed E-state index contributed by atoms with van der Waals surface area (Å²) in [4.78, 5) is 10.8.